The Bertz CT molecular complexity index is 604. The standard InChI is InChI=1S/C9H11BrN4O3S/c10-6-2-13-3-7(9(6)11)14-4-5(1-8(14)15)18(12,16)17/h2-3,5H,1,4H2,(H2,11,13)(H2,12,16,17). The fourth-order valence-corrected chi connectivity index (χ4v) is 2.83. The van der Waals surface area contributed by atoms with E-state index < -0.39 is 15.3 Å². The first-order valence-electron chi connectivity index (χ1n) is 5.01. The molecule has 1 aromatic heterocycles. The van der Waals surface area contributed by atoms with E-state index in [0.29, 0.717) is 15.8 Å². The van der Waals surface area contributed by atoms with Crippen LogP contribution >= 0.6 is 15.9 Å². The highest BCUT2D eigenvalue weighted by molar-refractivity contribution is 9.10. The van der Waals surface area contributed by atoms with E-state index >= 15 is 0 Å². The average Bonchev–Trinajstić information content (AvgIpc) is 2.64. The molecular formula is C9H11BrN4O3S. The van der Waals surface area contributed by atoms with Crippen LogP contribution in [0.2, 0.25) is 0 Å². The van der Waals surface area contributed by atoms with Crippen molar-refractivity contribution in [1.82, 2.24) is 4.98 Å². The fourth-order valence-electron chi connectivity index (χ4n) is 1.78. The van der Waals surface area contributed by atoms with Crippen molar-refractivity contribution >= 4 is 43.2 Å². The van der Waals surface area contributed by atoms with Gasteiger partial charge in [0.1, 0.15) is 5.25 Å². The fraction of sp³-hybridized carbons (Fsp3) is 0.333. The number of anilines is 2. The molecule has 1 aliphatic rings. The second-order valence-electron chi connectivity index (χ2n) is 3.97. The minimum absolute atomic E-state index is 0. The van der Waals surface area contributed by atoms with Crippen LogP contribution in [0.5, 0.6) is 0 Å². The molecule has 0 aliphatic carbocycles. The van der Waals surface area contributed by atoms with Crippen LogP contribution < -0.4 is 15.8 Å². The van der Waals surface area contributed by atoms with E-state index in [-0.39, 0.29) is 18.9 Å². The number of nitrogen functional groups attached to an aromatic ring is 1. The molecule has 0 aromatic carbocycles. The monoisotopic (exact) mass is 334 g/mol. The van der Waals surface area contributed by atoms with E-state index in [1.807, 2.05) is 0 Å². The smallest absolute Gasteiger partial charge is 0.228 e. The number of sulfonamides is 1. The Morgan fingerprint density at radius 2 is 2.11 bits per heavy atom. The quantitative estimate of drug-likeness (QED) is 0.777. The Morgan fingerprint density at radius 3 is 2.67 bits per heavy atom. The van der Waals surface area contributed by atoms with Crippen LogP contribution in [-0.2, 0) is 14.8 Å². The molecule has 1 fully saturated rings. The van der Waals surface area contributed by atoms with Gasteiger partial charge in [0.2, 0.25) is 15.9 Å². The lowest BCUT2D eigenvalue weighted by Gasteiger charge is -2.18. The van der Waals surface area contributed by atoms with Crippen LogP contribution in [-0.4, -0.2) is 31.1 Å². The Morgan fingerprint density at radius 1 is 1.44 bits per heavy atom. The van der Waals surface area contributed by atoms with Crippen molar-refractivity contribution in [2.24, 2.45) is 5.14 Å². The van der Waals surface area contributed by atoms with Gasteiger partial charge in [0.15, 0.2) is 0 Å². The van der Waals surface area contributed by atoms with Crippen LogP contribution in [0, 0.1) is 0 Å². The lowest BCUT2D eigenvalue weighted by molar-refractivity contribution is -0.117. The van der Waals surface area contributed by atoms with Gasteiger partial charge < -0.3 is 10.6 Å². The van der Waals surface area contributed by atoms with Gasteiger partial charge in [-0.1, -0.05) is 0 Å². The number of carbonyl (C=O) groups is 1. The molecule has 1 amide bonds. The number of primary sulfonamides is 1. The lowest BCUT2D eigenvalue weighted by Crippen LogP contribution is -2.32. The highest BCUT2D eigenvalue weighted by Gasteiger charge is 2.38. The highest BCUT2D eigenvalue weighted by atomic mass is 79.9. The molecule has 18 heavy (non-hydrogen) atoms. The van der Waals surface area contributed by atoms with E-state index in [1.165, 1.54) is 17.3 Å². The highest BCUT2D eigenvalue weighted by Crippen LogP contribution is 2.32. The van der Waals surface area contributed by atoms with Gasteiger partial charge in [-0.05, 0) is 15.9 Å². The van der Waals surface area contributed by atoms with Crippen molar-refractivity contribution in [1.29, 1.82) is 0 Å². The number of nitrogens with zero attached hydrogens (tertiary/aromatic N) is 2. The third-order valence-electron chi connectivity index (χ3n) is 2.76. The van der Waals surface area contributed by atoms with Gasteiger partial charge >= 0.3 is 0 Å². The van der Waals surface area contributed by atoms with Crippen LogP contribution in [0.1, 0.15) is 6.42 Å². The molecule has 0 saturated carbocycles. The number of hydrogen-bond donors (Lipinski definition) is 2. The third-order valence-corrected chi connectivity index (χ3v) is 4.64. The van der Waals surface area contributed by atoms with Gasteiger partial charge in [0, 0.05) is 19.2 Å². The molecule has 0 bridgehead atoms. The van der Waals surface area contributed by atoms with Crippen molar-refractivity contribution < 1.29 is 13.2 Å². The zero-order valence-electron chi connectivity index (χ0n) is 9.21. The largest absolute Gasteiger partial charge is 0.396 e. The Hall–Kier alpha value is -1.19. The summed E-state index contributed by atoms with van der Waals surface area (Å²) < 4.78 is 23.0. The minimum Gasteiger partial charge on any atom is -0.396 e. The van der Waals surface area contributed by atoms with Gasteiger partial charge in [-0.25, -0.2) is 13.6 Å². The van der Waals surface area contributed by atoms with Gasteiger partial charge in [-0.2, -0.15) is 0 Å². The molecule has 98 valence electrons. The maximum atomic E-state index is 11.8. The molecular weight excluding hydrogens is 324 g/mol. The summed E-state index contributed by atoms with van der Waals surface area (Å²) in [5.41, 5.74) is 6.55. The van der Waals surface area contributed by atoms with E-state index in [4.69, 9.17) is 10.9 Å². The van der Waals surface area contributed by atoms with Crippen LogP contribution in [0.25, 0.3) is 0 Å². The summed E-state index contributed by atoms with van der Waals surface area (Å²) in [7, 11) is -3.73. The summed E-state index contributed by atoms with van der Waals surface area (Å²) in [6.07, 6.45) is 2.78. The maximum Gasteiger partial charge on any atom is 0.228 e. The predicted molar refractivity (Wildman–Crippen MR) is 70.2 cm³/mol. The Labute approximate surface area is 112 Å². The molecule has 1 aliphatic heterocycles. The number of carbonyl (C=O) groups excluding carboxylic acids is 1. The molecule has 4 N–H and O–H groups in total. The molecule has 2 rings (SSSR count). The van der Waals surface area contributed by atoms with Crippen molar-refractivity contribution in [2.75, 3.05) is 17.2 Å². The van der Waals surface area contributed by atoms with Gasteiger partial charge in [-0.3, -0.25) is 9.78 Å². The van der Waals surface area contributed by atoms with E-state index in [0.717, 1.165) is 0 Å². The van der Waals surface area contributed by atoms with Gasteiger partial charge in [0.05, 0.1) is 22.0 Å². The number of hydrogen-bond acceptors (Lipinski definition) is 5. The van der Waals surface area contributed by atoms with Crippen molar-refractivity contribution in [3.05, 3.63) is 16.9 Å². The number of amides is 1. The first-order chi connectivity index (χ1) is 8.30. The second kappa shape index (κ2) is 4.48. The van der Waals surface area contributed by atoms with E-state index in [2.05, 4.69) is 20.9 Å². The predicted octanol–water partition coefficient (Wildman–Crippen LogP) is -0.180. The molecule has 2 heterocycles. The Kier molecular flexibility index (Phi) is 3.30. The molecule has 0 radical (unpaired) electrons. The topological polar surface area (TPSA) is 119 Å². The van der Waals surface area contributed by atoms with Crippen molar-refractivity contribution in [3.8, 4) is 0 Å². The average molecular weight is 335 g/mol. The first kappa shape index (κ1) is 13.2. The van der Waals surface area contributed by atoms with Gasteiger partial charge in [0.25, 0.3) is 0 Å². The van der Waals surface area contributed by atoms with E-state index in [9.17, 15) is 13.2 Å². The van der Waals surface area contributed by atoms with Crippen LogP contribution in [0.4, 0.5) is 11.4 Å². The SMILES string of the molecule is Nc1c(Br)cncc1N1CC(S(N)(=O)=O)CC1=O. The summed E-state index contributed by atoms with van der Waals surface area (Å²) in [4.78, 5) is 17.0. The molecule has 9 heteroatoms. The number of nitrogens with two attached hydrogens (primary N) is 2. The minimum atomic E-state index is -3.73. The summed E-state index contributed by atoms with van der Waals surface area (Å²) >= 11 is 3.20. The zero-order valence-corrected chi connectivity index (χ0v) is 11.6. The van der Waals surface area contributed by atoms with Gasteiger partial charge in [-0.15, -0.1) is 0 Å². The molecule has 1 atom stereocenters. The summed E-state index contributed by atoms with van der Waals surface area (Å²) in [5.74, 6) is -0.333. The summed E-state index contributed by atoms with van der Waals surface area (Å²) in [5, 5.41) is 4.15. The van der Waals surface area contributed by atoms with Crippen molar-refractivity contribution in [3.63, 3.8) is 0 Å². The normalized spacial score (nSPS) is 20.4. The van der Waals surface area contributed by atoms with Crippen LogP contribution in [0.15, 0.2) is 16.9 Å². The molecule has 1 aromatic rings. The number of rotatable bonds is 2. The van der Waals surface area contributed by atoms with E-state index in [1.54, 1.807) is 0 Å². The number of halogens is 1. The molecule has 0 spiro atoms. The van der Waals surface area contributed by atoms with Crippen LogP contribution in [0.3, 0.4) is 0 Å². The Balaban J connectivity index is 2.36. The first-order valence-corrected chi connectivity index (χ1v) is 7.42. The molecule has 1 saturated heterocycles. The third kappa shape index (κ3) is 2.33. The zero-order chi connectivity index (χ0) is 13.5. The maximum absolute atomic E-state index is 11.8. The summed E-state index contributed by atoms with van der Waals surface area (Å²) in [6, 6.07) is 0. The van der Waals surface area contributed by atoms with Crippen molar-refractivity contribution in [2.45, 2.75) is 11.7 Å². The number of aromatic nitrogens is 1. The molecule has 7 nitrogen and oxygen atoms in total. The second-order valence-corrected chi connectivity index (χ2v) is 6.67. The summed E-state index contributed by atoms with van der Waals surface area (Å²) in [6.45, 7) is 0. The molecule has 1 unspecified atom stereocenters. The number of pyridine rings is 1. The lowest BCUT2D eigenvalue weighted by atomic mass is 10.3.